The summed E-state index contributed by atoms with van der Waals surface area (Å²) in [5, 5.41) is 0. The predicted molar refractivity (Wildman–Crippen MR) is 85.2 cm³/mol. The minimum absolute atomic E-state index is 0.452. The van der Waals surface area contributed by atoms with E-state index in [0.29, 0.717) is 11.0 Å². The molecule has 0 spiro atoms. The molecule has 1 aliphatic rings. The number of hydrogen-bond donors (Lipinski definition) is 1. The Balaban J connectivity index is 2.39. The Labute approximate surface area is 123 Å². The molecule has 0 atom stereocenters. The van der Waals surface area contributed by atoms with Crippen LogP contribution in [0.5, 0.6) is 0 Å². The van der Waals surface area contributed by atoms with Crippen LogP contribution in [0.25, 0.3) is 0 Å². The Morgan fingerprint density at radius 1 is 1.50 bits per heavy atom. The largest absolute Gasteiger partial charge is 0.389 e. The molecule has 18 heavy (non-hydrogen) atoms. The highest BCUT2D eigenvalue weighted by Gasteiger charge is 2.27. The minimum Gasteiger partial charge on any atom is -0.389 e. The van der Waals surface area contributed by atoms with E-state index in [9.17, 15) is 0 Å². The van der Waals surface area contributed by atoms with E-state index < -0.39 is 0 Å². The average molecular weight is 327 g/mol. The molecular formula is C14H19BrN2S. The Hall–Kier alpha value is -0.610. The van der Waals surface area contributed by atoms with E-state index in [2.05, 4.69) is 40.7 Å². The van der Waals surface area contributed by atoms with Crippen molar-refractivity contribution >= 4 is 38.8 Å². The summed E-state index contributed by atoms with van der Waals surface area (Å²) in [7, 11) is 0. The quantitative estimate of drug-likeness (QED) is 0.836. The smallest absolute Gasteiger partial charge is 0.107 e. The zero-order valence-electron chi connectivity index (χ0n) is 10.8. The summed E-state index contributed by atoms with van der Waals surface area (Å²) in [4.78, 5) is 2.87. The van der Waals surface area contributed by atoms with Crippen LogP contribution in [0.15, 0.2) is 22.7 Å². The van der Waals surface area contributed by atoms with Crippen molar-refractivity contribution in [2.45, 2.75) is 32.7 Å². The zero-order valence-corrected chi connectivity index (χ0v) is 13.2. The Morgan fingerprint density at radius 3 is 2.67 bits per heavy atom. The summed E-state index contributed by atoms with van der Waals surface area (Å²) in [5.41, 5.74) is 7.99. The number of halogens is 1. The third kappa shape index (κ3) is 3.04. The van der Waals surface area contributed by atoms with Crippen LogP contribution in [0.2, 0.25) is 0 Å². The number of hydrogen-bond acceptors (Lipinski definition) is 2. The molecule has 98 valence electrons. The molecule has 2 rings (SSSR count). The van der Waals surface area contributed by atoms with Gasteiger partial charge in [-0.2, -0.15) is 0 Å². The Morgan fingerprint density at radius 2 is 2.17 bits per heavy atom. The van der Waals surface area contributed by atoms with Crippen LogP contribution >= 0.6 is 28.1 Å². The highest BCUT2D eigenvalue weighted by atomic mass is 79.9. The first kappa shape index (κ1) is 13.8. The average Bonchev–Trinajstić information content (AvgIpc) is 3.08. The van der Waals surface area contributed by atoms with Gasteiger partial charge in [0.1, 0.15) is 4.99 Å². The van der Waals surface area contributed by atoms with Gasteiger partial charge in [-0.05, 0) is 60.7 Å². The molecule has 0 unspecified atom stereocenters. The normalized spacial score (nSPS) is 14.9. The lowest BCUT2D eigenvalue weighted by atomic mass is 10.1. The number of thiocarbonyl (C=S) groups is 1. The summed E-state index contributed by atoms with van der Waals surface area (Å²) in [6, 6.07) is 6.60. The molecule has 0 saturated heterocycles. The van der Waals surface area contributed by atoms with E-state index in [1.54, 1.807) is 0 Å². The summed E-state index contributed by atoms with van der Waals surface area (Å²) in [5.74, 6) is 0.838. The summed E-state index contributed by atoms with van der Waals surface area (Å²) in [6.07, 6.45) is 2.69. The molecule has 0 bridgehead atoms. The van der Waals surface area contributed by atoms with Crippen molar-refractivity contribution < 1.29 is 0 Å². The molecule has 0 radical (unpaired) electrons. The maximum Gasteiger partial charge on any atom is 0.107 e. The molecule has 1 aromatic rings. The highest BCUT2D eigenvalue weighted by molar-refractivity contribution is 9.10. The molecule has 1 aromatic carbocycles. The standard InChI is InChI=1S/C14H19BrN2S/c1-9(2)17(8-10-6-7-10)12-5-3-4-11(15)13(12)14(16)18/h3-5,9-10H,6-8H2,1-2H3,(H2,16,18). The molecule has 2 nitrogen and oxygen atoms in total. The van der Waals surface area contributed by atoms with Crippen LogP contribution in [0.1, 0.15) is 32.3 Å². The summed E-state index contributed by atoms with van der Waals surface area (Å²) in [6.45, 7) is 5.53. The van der Waals surface area contributed by atoms with Crippen molar-refractivity contribution in [2.24, 2.45) is 11.7 Å². The van der Waals surface area contributed by atoms with Gasteiger partial charge in [-0.15, -0.1) is 0 Å². The molecule has 1 aliphatic carbocycles. The van der Waals surface area contributed by atoms with E-state index in [-0.39, 0.29) is 0 Å². The zero-order chi connectivity index (χ0) is 13.3. The van der Waals surface area contributed by atoms with Gasteiger partial charge in [0.2, 0.25) is 0 Å². The minimum atomic E-state index is 0.452. The van der Waals surface area contributed by atoms with Crippen LogP contribution in [0, 0.1) is 5.92 Å². The van der Waals surface area contributed by atoms with Gasteiger partial charge in [0, 0.05) is 28.3 Å². The molecular weight excluding hydrogens is 308 g/mol. The van der Waals surface area contributed by atoms with E-state index in [1.165, 1.54) is 12.8 Å². The van der Waals surface area contributed by atoms with Crippen molar-refractivity contribution in [3.8, 4) is 0 Å². The van der Waals surface area contributed by atoms with Crippen LogP contribution in [-0.4, -0.2) is 17.6 Å². The Kier molecular flexibility index (Phi) is 4.28. The van der Waals surface area contributed by atoms with Crippen molar-refractivity contribution in [3.63, 3.8) is 0 Å². The van der Waals surface area contributed by atoms with Crippen LogP contribution in [0.4, 0.5) is 5.69 Å². The van der Waals surface area contributed by atoms with E-state index in [0.717, 1.165) is 28.2 Å². The Bertz CT molecular complexity index is 455. The van der Waals surface area contributed by atoms with Gasteiger partial charge >= 0.3 is 0 Å². The van der Waals surface area contributed by atoms with Crippen molar-refractivity contribution in [1.82, 2.24) is 0 Å². The monoisotopic (exact) mass is 326 g/mol. The van der Waals surface area contributed by atoms with E-state index in [1.807, 2.05) is 12.1 Å². The summed E-state index contributed by atoms with van der Waals surface area (Å²) >= 11 is 8.75. The van der Waals surface area contributed by atoms with Crippen LogP contribution in [-0.2, 0) is 0 Å². The lowest BCUT2D eigenvalue weighted by molar-refractivity contribution is 0.644. The van der Waals surface area contributed by atoms with Crippen molar-refractivity contribution in [1.29, 1.82) is 0 Å². The van der Waals surface area contributed by atoms with E-state index in [4.69, 9.17) is 18.0 Å². The van der Waals surface area contributed by atoms with Gasteiger partial charge in [0.05, 0.1) is 0 Å². The lowest BCUT2D eigenvalue weighted by Crippen LogP contribution is -2.34. The molecule has 0 amide bonds. The van der Waals surface area contributed by atoms with E-state index >= 15 is 0 Å². The molecule has 1 fully saturated rings. The predicted octanol–water partition coefficient (Wildman–Crippen LogP) is 3.71. The highest BCUT2D eigenvalue weighted by Crippen LogP contribution is 2.35. The number of nitrogens with zero attached hydrogens (tertiary/aromatic N) is 1. The molecule has 4 heteroatoms. The van der Waals surface area contributed by atoms with Gasteiger partial charge in [0.15, 0.2) is 0 Å². The fourth-order valence-corrected chi connectivity index (χ4v) is 3.08. The van der Waals surface area contributed by atoms with Gasteiger partial charge in [-0.25, -0.2) is 0 Å². The first-order chi connectivity index (χ1) is 8.50. The molecule has 0 heterocycles. The lowest BCUT2D eigenvalue weighted by Gasteiger charge is -2.31. The third-order valence-corrected chi connectivity index (χ3v) is 4.19. The first-order valence-corrected chi connectivity index (χ1v) is 7.55. The van der Waals surface area contributed by atoms with Gasteiger partial charge in [0.25, 0.3) is 0 Å². The number of anilines is 1. The summed E-state index contributed by atoms with van der Waals surface area (Å²) < 4.78 is 0.981. The first-order valence-electron chi connectivity index (χ1n) is 6.35. The fraction of sp³-hybridized carbons (Fsp3) is 0.500. The second-order valence-electron chi connectivity index (χ2n) is 5.19. The fourth-order valence-electron chi connectivity index (χ4n) is 2.16. The number of nitrogens with two attached hydrogens (primary N) is 1. The number of benzene rings is 1. The second-order valence-corrected chi connectivity index (χ2v) is 6.48. The molecule has 0 aliphatic heterocycles. The maximum atomic E-state index is 5.87. The third-order valence-electron chi connectivity index (χ3n) is 3.32. The molecule has 1 saturated carbocycles. The topological polar surface area (TPSA) is 29.3 Å². The SMILES string of the molecule is CC(C)N(CC1CC1)c1cccc(Br)c1C(N)=S. The second kappa shape index (κ2) is 5.57. The van der Waals surface area contributed by atoms with Gasteiger partial charge in [-0.1, -0.05) is 18.3 Å². The molecule has 2 N–H and O–H groups in total. The van der Waals surface area contributed by atoms with Gasteiger partial charge in [-0.3, -0.25) is 0 Å². The van der Waals surface area contributed by atoms with Crippen molar-refractivity contribution in [2.75, 3.05) is 11.4 Å². The molecule has 0 aromatic heterocycles. The van der Waals surface area contributed by atoms with Crippen molar-refractivity contribution in [3.05, 3.63) is 28.2 Å². The maximum absolute atomic E-state index is 5.87. The van der Waals surface area contributed by atoms with Gasteiger partial charge < -0.3 is 10.6 Å². The van der Waals surface area contributed by atoms with Crippen LogP contribution < -0.4 is 10.6 Å². The number of rotatable bonds is 5. The van der Waals surface area contributed by atoms with Crippen LogP contribution in [0.3, 0.4) is 0 Å².